The molecule has 2 aliphatic rings. The van der Waals surface area contributed by atoms with Crippen molar-refractivity contribution in [2.24, 2.45) is 4.99 Å². The largest absolute Gasteiger partial charge is 0.402 e. The predicted octanol–water partition coefficient (Wildman–Crippen LogP) is 3.81. The summed E-state index contributed by atoms with van der Waals surface area (Å²) in [5, 5.41) is 0.538. The van der Waals surface area contributed by atoms with Crippen LogP contribution in [0.1, 0.15) is 24.0 Å². The molecule has 2 heterocycles. The van der Waals surface area contributed by atoms with Crippen LogP contribution in [-0.2, 0) is 14.3 Å². The summed E-state index contributed by atoms with van der Waals surface area (Å²) in [4.78, 5) is 30.0. The second kappa shape index (κ2) is 6.77. The Kier molecular flexibility index (Phi) is 4.31. The number of carbonyl (C=O) groups is 2. The lowest BCUT2D eigenvalue weighted by atomic mass is 10.2. The molecule has 0 saturated carbocycles. The van der Waals surface area contributed by atoms with Crippen LogP contribution in [0.3, 0.4) is 0 Å². The first-order valence-corrected chi connectivity index (χ1v) is 8.67. The molecule has 0 bridgehead atoms. The highest BCUT2D eigenvalue weighted by molar-refractivity contribution is 6.32. The van der Waals surface area contributed by atoms with E-state index in [1.807, 2.05) is 24.3 Å². The first-order valence-electron chi connectivity index (χ1n) is 8.30. The number of carbonyl (C=O) groups excluding carboxylic acids is 2. The van der Waals surface area contributed by atoms with Gasteiger partial charge in [0.05, 0.1) is 0 Å². The monoisotopic (exact) mass is 366 g/mol. The number of nitrogens with zero attached hydrogens (tertiary/aromatic N) is 2. The van der Waals surface area contributed by atoms with Gasteiger partial charge in [-0.25, -0.2) is 9.79 Å². The molecule has 130 valence electrons. The number of ether oxygens (including phenoxy) is 1. The number of cyclic esters (lactones) is 1. The van der Waals surface area contributed by atoms with E-state index >= 15 is 0 Å². The molecule has 2 aromatic carbocycles. The number of hydrogen-bond acceptors (Lipinski definition) is 4. The average molecular weight is 367 g/mol. The number of esters is 1. The van der Waals surface area contributed by atoms with Gasteiger partial charge < -0.3 is 9.64 Å². The molecule has 0 aromatic heterocycles. The lowest BCUT2D eigenvalue weighted by Crippen LogP contribution is -2.23. The normalized spacial score (nSPS) is 18.4. The number of benzene rings is 2. The van der Waals surface area contributed by atoms with E-state index in [-0.39, 0.29) is 17.5 Å². The third-order valence-electron chi connectivity index (χ3n) is 4.32. The van der Waals surface area contributed by atoms with E-state index in [0.717, 1.165) is 18.7 Å². The van der Waals surface area contributed by atoms with E-state index in [9.17, 15) is 9.59 Å². The fourth-order valence-electron chi connectivity index (χ4n) is 2.98. The van der Waals surface area contributed by atoms with Crippen LogP contribution in [0.4, 0.5) is 5.69 Å². The first kappa shape index (κ1) is 16.5. The van der Waals surface area contributed by atoms with Gasteiger partial charge in [0.1, 0.15) is 0 Å². The van der Waals surface area contributed by atoms with Crippen LogP contribution in [0.15, 0.2) is 59.2 Å². The van der Waals surface area contributed by atoms with Crippen molar-refractivity contribution >= 4 is 41.1 Å². The maximum atomic E-state index is 12.1. The average Bonchev–Trinajstić information content (AvgIpc) is 3.23. The first-order chi connectivity index (χ1) is 12.6. The van der Waals surface area contributed by atoms with E-state index in [1.165, 1.54) is 0 Å². The Morgan fingerprint density at radius 2 is 1.85 bits per heavy atom. The molecule has 1 amide bonds. The van der Waals surface area contributed by atoms with Crippen LogP contribution in [0.2, 0.25) is 5.02 Å². The van der Waals surface area contributed by atoms with Crippen LogP contribution in [-0.4, -0.2) is 24.3 Å². The maximum Gasteiger partial charge on any atom is 0.363 e. The number of hydrogen-bond donors (Lipinski definition) is 0. The standard InChI is InChI=1S/C20H15ClN2O3/c21-16-5-2-1-4-14(16)12-17-20(25)26-19(22-17)13-7-9-15(10-8-13)23-11-3-6-18(23)24/h1-2,4-5,7-10,12H,3,6,11H2/b17-12-. The molecule has 0 radical (unpaired) electrons. The van der Waals surface area contributed by atoms with Crippen molar-refractivity contribution in [3.63, 3.8) is 0 Å². The number of halogens is 1. The third-order valence-corrected chi connectivity index (χ3v) is 4.66. The molecular formula is C20H15ClN2O3. The summed E-state index contributed by atoms with van der Waals surface area (Å²) in [6, 6.07) is 14.5. The molecule has 0 aliphatic carbocycles. The van der Waals surface area contributed by atoms with Gasteiger partial charge in [0.15, 0.2) is 5.70 Å². The lowest BCUT2D eigenvalue weighted by Gasteiger charge is -2.15. The van der Waals surface area contributed by atoms with Crippen molar-refractivity contribution in [2.75, 3.05) is 11.4 Å². The Hall–Kier alpha value is -2.92. The topological polar surface area (TPSA) is 59.0 Å². The molecule has 0 spiro atoms. The van der Waals surface area contributed by atoms with Crippen LogP contribution < -0.4 is 4.90 Å². The van der Waals surface area contributed by atoms with Crippen LogP contribution in [0.5, 0.6) is 0 Å². The summed E-state index contributed by atoms with van der Waals surface area (Å²) in [5.41, 5.74) is 2.42. The summed E-state index contributed by atoms with van der Waals surface area (Å²) in [7, 11) is 0. The zero-order valence-corrected chi connectivity index (χ0v) is 14.6. The predicted molar refractivity (Wildman–Crippen MR) is 100 cm³/mol. The Balaban J connectivity index is 1.59. The van der Waals surface area contributed by atoms with E-state index in [1.54, 1.807) is 35.2 Å². The maximum absolute atomic E-state index is 12.1. The minimum absolute atomic E-state index is 0.132. The summed E-state index contributed by atoms with van der Waals surface area (Å²) in [5.74, 6) is -0.140. The van der Waals surface area contributed by atoms with Gasteiger partial charge in [-0.3, -0.25) is 4.79 Å². The van der Waals surface area contributed by atoms with Crippen molar-refractivity contribution in [3.05, 3.63) is 70.4 Å². The molecule has 26 heavy (non-hydrogen) atoms. The molecular weight excluding hydrogens is 352 g/mol. The minimum atomic E-state index is -0.515. The molecule has 6 heteroatoms. The molecule has 0 unspecified atom stereocenters. The Bertz CT molecular complexity index is 948. The molecule has 0 N–H and O–H groups in total. The van der Waals surface area contributed by atoms with Crippen LogP contribution in [0, 0.1) is 0 Å². The summed E-state index contributed by atoms with van der Waals surface area (Å²) in [6.07, 6.45) is 3.07. The second-order valence-electron chi connectivity index (χ2n) is 6.05. The smallest absolute Gasteiger partial charge is 0.363 e. The minimum Gasteiger partial charge on any atom is -0.402 e. The molecule has 2 aromatic rings. The number of amides is 1. The fourth-order valence-corrected chi connectivity index (χ4v) is 3.17. The Morgan fingerprint density at radius 3 is 2.54 bits per heavy atom. The highest BCUT2D eigenvalue weighted by Gasteiger charge is 2.25. The fraction of sp³-hybridized carbons (Fsp3) is 0.150. The van der Waals surface area contributed by atoms with Crippen LogP contribution in [0.25, 0.3) is 6.08 Å². The van der Waals surface area contributed by atoms with E-state index < -0.39 is 5.97 Å². The summed E-state index contributed by atoms with van der Waals surface area (Å²) in [6.45, 7) is 0.735. The Labute approximate surface area is 155 Å². The Morgan fingerprint density at radius 1 is 1.08 bits per heavy atom. The van der Waals surface area contributed by atoms with E-state index in [0.29, 0.717) is 22.6 Å². The van der Waals surface area contributed by atoms with Gasteiger partial charge in [-0.1, -0.05) is 29.8 Å². The molecule has 1 saturated heterocycles. The molecule has 1 fully saturated rings. The van der Waals surface area contributed by atoms with E-state index in [4.69, 9.17) is 16.3 Å². The van der Waals surface area contributed by atoms with Crippen molar-refractivity contribution in [2.45, 2.75) is 12.8 Å². The van der Waals surface area contributed by atoms with Gasteiger partial charge in [-0.15, -0.1) is 0 Å². The summed E-state index contributed by atoms with van der Waals surface area (Å²) < 4.78 is 5.28. The van der Waals surface area contributed by atoms with Crippen molar-refractivity contribution in [1.29, 1.82) is 0 Å². The van der Waals surface area contributed by atoms with Gasteiger partial charge >= 0.3 is 5.97 Å². The highest BCUT2D eigenvalue weighted by Crippen LogP contribution is 2.25. The molecule has 4 rings (SSSR count). The van der Waals surface area contributed by atoms with E-state index in [2.05, 4.69) is 4.99 Å². The zero-order chi connectivity index (χ0) is 18.1. The van der Waals surface area contributed by atoms with Gasteiger partial charge in [0, 0.05) is 29.2 Å². The number of anilines is 1. The summed E-state index contributed by atoms with van der Waals surface area (Å²) >= 11 is 6.12. The highest BCUT2D eigenvalue weighted by atomic mass is 35.5. The quantitative estimate of drug-likeness (QED) is 0.613. The van der Waals surface area contributed by atoms with Crippen molar-refractivity contribution in [3.8, 4) is 0 Å². The van der Waals surface area contributed by atoms with Gasteiger partial charge in [-0.05, 0) is 48.4 Å². The van der Waals surface area contributed by atoms with Crippen molar-refractivity contribution < 1.29 is 14.3 Å². The lowest BCUT2D eigenvalue weighted by molar-refractivity contribution is -0.130. The molecule has 0 atom stereocenters. The zero-order valence-electron chi connectivity index (χ0n) is 13.8. The van der Waals surface area contributed by atoms with Crippen LogP contribution >= 0.6 is 11.6 Å². The van der Waals surface area contributed by atoms with Gasteiger partial charge in [-0.2, -0.15) is 0 Å². The number of aliphatic imine (C=N–C) groups is 1. The van der Waals surface area contributed by atoms with Crippen molar-refractivity contribution in [1.82, 2.24) is 0 Å². The second-order valence-corrected chi connectivity index (χ2v) is 6.46. The third kappa shape index (κ3) is 3.13. The van der Waals surface area contributed by atoms with Gasteiger partial charge in [0.2, 0.25) is 11.8 Å². The number of rotatable bonds is 3. The molecule has 5 nitrogen and oxygen atoms in total. The van der Waals surface area contributed by atoms with Gasteiger partial charge in [0.25, 0.3) is 0 Å². The SMILES string of the molecule is O=C1OC(c2ccc(N3CCCC3=O)cc2)=N/C1=C\c1ccccc1Cl. The molecule has 2 aliphatic heterocycles.